The van der Waals surface area contributed by atoms with Crippen LogP contribution in [0.15, 0.2) is 47.6 Å². The van der Waals surface area contributed by atoms with Crippen LogP contribution < -0.4 is 9.47 Å². The summed E-state index contributed by atoms with van der Waals surface area (Å²) >= 11 is 0. The number of carbonyl (C=O) groups is 2. The smallest absolute Gasteiger partial charge is 0.282 e. The minimum absolute atomic E-state index is 0.368. The summed E-state index contributed by atoms with van der Waals surface area (Å²) in [5.74, 6) is 0.810. The summed E-state index contributed by atoms with van der Waals surface area (Å²) in [6, 6.07) is 12.1. The van der Waals surface area contributed by atoms with Gasteiger partial charge in [0.05, 0.1) is 30.6 Å². The lowest BCUT2D eigenvalue weighted by molar-refractivity contribution is 0.0660. The van der Waals surface area contributed by atoms with E-state index in [-0.39, 0.29) is 0 Å². The molecule has 0 atom stereocenters. The van der Waals surface area contributed by atoms with Gasteiger partial charge in [0.2, 0.25) is 0 Å². The van der Waals surface area contributed by atoms with Gasteiger partial charge in [-0.1, -0.05) is 26.0 Å². The number of amides is 2. The molecule has 2 amide bonds. The number of nitrogens with zero attached hydrogens (tertiary/aromatic N) is 2. The zero-order valence-electron chi connectivity index (χ0n) is 15.6. The Kier molecular flexibility index (Phi) is 5.54. The highest BCUT2D eigenvalue weighted by Gasteiger charge is 2.35. The van der Waals surface area contributed by atoms with Crippen molar-refractivity contribution >= 4 is 18.0 Å². The van der Waals surface area contributed by atoms with Crippen molar-refractivity contribution in [3.05, 3.63) is 59.2 Å². The Labute approximate surface area is 158 Å². The van der Waals surface area contributed by atoms with E-state index < -0.39 is 11.8 Å². The second kappa shape index (κ2) is 8.03. The Hall–Kier alpha value is -3.15. The molecule has 1 aliphatic heterocycles. The van der Waals surface area contributed by atoms with E-state index in [0.717, 1.165) is 5.01 Å². The van der Waals surface area contributed by atoms with Crippen LogP contribution in [0.2, 0.25) is 0 Å². The molecular formula is C21H22N2O4. The quantitative estimate of drug-likeness (QED) is 0.553. The molecule has 0 saturated heterocycles. The molecule has 140 valence electrons. The van der Waals surface area contributed by atoms with Crippen LogP contribution in [0.4, 0.5) is 0 Å². The lowest BCUT2D eigenvalue weighted by Gasteiger charge is -2.14. The Morgan fingerprint density at radius 1 is 1.00 bits per heavy atom. The van der Waals surface area contributed by atoms with E-state index in [9.17, 15) is 9.59 Å². The molecule has 0 aromatic heterocycles. The Bertz CT molecular complexity index is 855. The summed E-state index contributed by atoms with van der Waals surface area (Å²) < 4.78 is 11.4. The molecule has 2 aromatic rings. The first-order valence-corrected chi connectivity index (χ1v) is 8.92. The predicted molar refractivity (Wildman–Crippen MR) is 102 cm³/mol. The van der Waals surface area contributed by atoms with Crippen molar-refractivity contribution in [2.24, 2.45) is 11.0 Å². The minimum atomic E-state index is -0.422. The largest absolute Gasteiger partial charge is 0.490 e. The van der Waals surface area contributed by atoms with Crippen LogP contribution in [0.25, 0.3) is 0 Å². The molecule has 0 unspecified atom stereocenters. The van der Waals surface area contributed by atoms with Crippen LogP contribution in [-0.2, 0) is 0 Å². The average molecular weight is 366 g/mol. The number of rotatable bonds is 7. The van der Waals surface area contributed by atoms with Crippen molar-refractivity contribution in [1.29, 1.82) is 0 Å². The highest BCUT2D eigenvalue weighted by molar-refractivity contribution is 6.21. The Morgan fingerprint density at radius 2 is 1.67 bits per heavy atom. The van der Waals surface area contributed by atoms with Crippen molar-refractivity contribution in [1.82, 2.24) is 5.01 Å². The minimum Gasteiger partial charge on any atom is -0.490 e. The van der Waals surface area contributed by atoms with Gasteiger partial charge in [0.25, 0.3) is 11.8 Å². The number of hydrazone groups is 1. The highest BCUT2D eigenvalue weighted by atomic mass is 16.5. The topological polar surface area (TPSA) is 68.2 Å². The van der Waals surface area contributed by atoms with Crippen LogP contribution in [-0.4, -0.2) is 36.3 Å². The number of fused-ring (bicyclic) bond motifs is 1. The summed E-state index contributed by atoms with van der Waals surface area (Å²) in [7, 11) is 0. The number of imide groups is 1. The van der Waals surface area contributed by atoms with E-state index in [1.807, 2.05) is 6.92 Å². The maximum atomic E-state index is 12.3. The molecule has 3 rings (SSSR count). The zero-order valence-corrected chi connectivity index (χ0v) is 15.6. The summed E-state index contributed by atoms with van der Waals surface area (Å²) in [6.45, 7) is 7.12. The third-order valence-electron chi connectivity index (χ3n) is 3.93. The number of hydrogen-bond acceptors (Lipinski definition) is 5. The van der Waals surface area contributed by atoms with Crippen molar-refractivity contribution in [2.75, 3.05) is 13.2 Å². The summed E-state index contributed by atoms with van der Waals surface area (Å²) in [4.78, 5) is 24.7. The summed E-state index contributed by atoms with van der Waals surface area (Å²) in [5.41, 5.74) is 1.44. The van der Waals surface area contributed by atoms with Gasteiger partial charge in [-0.3, -0.25) is 9.59 Å². The van der Waals surface area contributed by atoms with Gasteiger partial charge in [0.15, 0.2) is 11.5 Å². The van der Waals surface area contributed by atoms with Crippen LogP contribution in [0.3, 0.4) is 0 Å². The number of benzene rings is 2. The Balaban J connectivity index is 1.80. The zero-order chi connectivity index (χ0) is 19.4. The maximum Gasteiger partial charge on any atom is 0.282 e. The van der Waals surface area contributed by atoms with E-state index >= 15 is 0 Å². The lowest BCUT2D eigenvalue weighted by atomic mass is 10.1. The molecular weight excluding hydrogens is 344 g/mol. The molecule has 1 heterocycles. The molecule has 0 aliphatic carbocycles. The molecule has 0 bridgehead atoms. The second-order valence-corrected chi connectivity index (χ2v) is 6.56. The fourth-order valence-corrected chi connectivity index (χ4v) is 2.65. The first-order valence-electron chi connectivity index (χ1n) is 8.92. The maximum absolute atomic E-state index is 12.3. The van der Waals surface area contributed by atoms with Crippen LogP contribution in [0.5, 0.6) is 11.5 Å². The van der Waals surface area contributed by atoms with Crippen molar-refractivity contribution in [3.63, 3.8) is 0 Å². The van der Waals surface area contributed by atoms with Gasteiger partial charge in [-0.05, 0) is 48.7 Å². The van der Waals surface area contributed by atoms with E-state index in [4.69, 9.17) is 9.47 Å². The molecule has 0 fully saturated rings. The van der Waals surface area contributed by atoms with Crippen LogP contribution in [0.1, 0.15) is 47.1 Å². The molecule has 0 radical (unpaired) electrons. The van der Waals surface area contributed by atoms with Gasteiger partial charge >= 0.3 is 0 Å². The SMILES string of the molecule is CCOc1cc(/C=N\N2C(=O)c3ccccc3C2=O)ccc1OCC(C)C. The molecule has 6 heteroatoms. The Morgan fingerprint density at radius 3 is 2.26 bits per heavy atom. The summed E-state index contributed by atoms with van der Waals surface area (Å²) in [5, 5.41) is 4.97. The number of ether oxygens (including phenoxy) is 2. The highest BCUT2D eigenvalue weighted by Crippen LogP contribution is 2.29. The van der Waals surface area contributed by atoms with E-state index in [2.05, 4.69) is 18.9 Å². The van der Waals surface area contributed by atoms with E-state index in [1.165, 1.54) is 6.21 Å². The molecule has 6 nitrogen and oxygen atoms in total. The van der Waals surface area contributed by atoms with Crippen molar-refractivity contribution < 1.29 is 19.1 Å². The predicted octanol–water partition coefficient (Wildman–Crippen LogP) is 3.75. The third kappa shape index (κ3) is 4.00. The molecule has 0 saturated carbocycles. The van der Waals surface area contributed by atoms with Gasteiger partial charge in [0, 0.05) is 0 Å². The van der Waals surface area contributed by atoms with Gasteiger partial charge < -0.3 is 9.47 Å². The van der Waals surface area contributed by atoms with Gasteiger partial charge in [-0.15, -0.1) is 0 Å². The van der Waals surface area contributed by atoms with Gasteiger partial charge in [-0.2, -0.15) is 10.1 Å². The molecule has 1 aliphatic rings. The van der Waals surface area contributed by atoms with Crippen LogP contribution in [0, 0.1) is 5.92 Å². The first-order chi connectivity index (χ1) is 13.0. The molecule has 27 heavy (non-hydrogen) atoms. The van der Waals surface area contributed by atoms with E-state index in [0.29, 0.717) is 47.3 Å². The second-order valence-electron chi connectivity index (χ2n) is 6.56. The number of hydrogen-bond donors (Lipinski definition) is 0. The van der Waals surface area contributed by atoms with Gasteiger partial charge in [-0.25, -0.2) is 0 Å². The van der Waals surface area contributed by atoms with Crippen molar-refractivity contribution in [3.8, 4) is 11.5 Å². The fraction of sp³-hybridized carbons (Fsp3) is 0.286. The molecule has 0 N–H and O–H groups in total. The molecule has 0 spiro atoms. The fourth-order valence-electron chi connectivity index (χ4n) is 2.65. The lowest BCUT2D eigenvalue weighted by Crippen LogP contribution is -2.24. The standard InChI is InChI=1S/C21H22N2O4/c1-4-26-19-11-15(9-10-18(19)27-13-14(2)3)12-22-23-20(24)16-7-5-6-8-17(16)21(23)25/h5-12,14H,4,13H2,1-3H3/b22-12-. The molecule has 2 aromatic carbocycles. The van der Waals surface area contributed by atoms with E-state index in [1.54, 1.807) is 42.5 Å². The monoisotopic (exact) mass is 366 g/mol. The first kappa shape index (κ1) is 18.6. The van der Waals surface area contributed by atoms with Gasteiger partial charge in [0.1, 0.15) is 0 Å². The normalized spacial score (nSPS) is 13.6. The number of carbonyl (C=O) groups excluding carboxylic acids is 2. The van der Waals surface area contributed by atoms with Crippen molar-refractivity contribution in [2.45, 2.75) is 20.8 Å². The third-order valence-corrected chi connectivity index (χ3v) is 3.93. The summed E-state index contributed by atoms with van der Waals surface area (Å²) in [6.07, 6.45) is 1.47. The van der Waals surface area contributed by atoms with Crippen LogP contribution >= 0.6 is 0 Å². The average Bonchev–Trinajstić information content (AvgIpc) is 2.90.